The van der Waals surface area contributed by atoms with Crippen molar-refractivity contribution in [3.8, 4) is 0 Å². The molecule has 3 rings (SSSR count). The predicted molar refractivity (Wildman–Crippen MR) is 76.9 cm³/mol. The van der Waals surface area contributed by atoms with E-state index in [1.54, 1.807) is 7.11 Å². The second-order valence-corrected chi connectivity index (χ2v) is 4.93. The van der Waals surface area contributed by atoms with Gasteiger partial charge in [-0.2, -0.15) is 0 Å². The largest absolute Gasteiger partial charge is 0.385 e. The minimum atomic E-state index is 0.113. The van der Waals surface area contributed by atoms with Gasteiger partial charge in [-0.3, -0.25) is 4.79 Å². The van der Waals surface area contributed by atoms with Crippen LogP contribution in [0.3, 0.4) is 0 Å². The number of anilines is 1. The van der Waals surface area contributed by atoms with Gasteiger partial charge >= 0.3 is 0 Å². The number of aryl methyl sites for hydroxylation is 1. The number of hydrogen-bond acceptors (Lipinski definition) is 2. The van der Waals surface area contributed by atoms with Crippen LogP contribution in [0.5, 0.6) is 0 Å². The molecule has 2 aromatic rings. The van der Waals surface area contributed by atoms with Gasteiger partial charge in [0.25, 0.3) is 5.91 Å². The fourth-order valence-corrected chi connectivity index (χ4v) is 2.78. The highest BCUT2D eigenvalue weighted by molar-refractivity contribution is 6.25. The average molecular weight is 255 g/mol. The van der Waals surface area contributed by atoms with Gasteiger partial charge in [0.2, 0.25) is 0 Å². The van der Waals surface area contributed by atoms with Gasteiger partial charge < -0.3 is 9.64 Å². The normalized spacial score (nSPS) is 13.6. The van der Waals surface area contributed by atoms with E-state index in [4.69, 9.17) is 4.74 Å². The van der Waals surface area contributed by atoms with E-state index in [1.807, 2.05) is 17.0 Å². The van der Waals surface area contributed by atoms with Gasteiger partial charge in [-0.15, -0.1) is 0 Å². The number of ether oxygens (including phenoxy) is 1. The number of hydrogen-bond donors (Lipinski definition) is 0. The Morgan fingerprint density at radius 3 is 2.84 bits per heavy atom. The molecule has 0 unspecified atom stereocenters. The summed E-state index contributed by atoms with van der Waals surface area (Å²) in [6.07, 6.45) is 0.853. The molecule has 19 heavy (non-hydrogen) atoms. The molecule has 3 heteroatoms. The van der Waals surface area contributed by atoms with Gasteiger partial charge in [-0.25, -0.2) is 0 Å². The summed E-state index contributed by atoms with van der Waals surface area (Å²) in [5.41, 5.74) is 3.08. The van der Waals surface area contributed by atoms with Gasteiger partial charge in [0.15, 0.2) is 0 Å². The second-order valence-electron chi connectivity index (χ2n) is 4.93. The molecule has 0 spiro atoms. The molecule has 0 radical (unpaired) electrons. The molecule has 1 heterocycles. The van der Waals surface area contributed by atoms with Crippen molar-refractivity contribution in [2.75, 3.05) is 25.2 Å². The summed E-state index contributed by atoms with van der Waals surface area (Å²) >= 11 is 0. The molecular weight excluding hydrogens is 238 g/mol. The van der Waals surface area contributed by atoms with Crippen LogP contribution >= 0.6 is 0 Å². The first kappa shape index (κ1) is 12.2. The molecule has 0 N–H and O–H groups in total. The molecule has 1 aliphatic rings. The third-order valence-corrected chi connectivity index (χ3v) is 3.73. The molecule has 0 atom stereocenters. The Balaban J connectivity index is 2.08. The van der Waals surface area contributed by atoms with Crippen LogP contribution in [-0.4, -0.2) is 26.2 Å². The number of carbonyl (C=O) groups excluding carboxylic acids is 1. The predicted octanol–water partition coefficient (Wildman–Crippen LogP) is 3.14. The minimum absolute atomic E-state index is 0.113. The summed E-state index contributed by atoms with van der Waals surface area (Å²) in [6, 6.07) is 10.1. The fourth-order valence-electron chi connectivity index (χ4n) is 2.78. The zero-order valence-electron chi connectivity index (χ0n) is 11.3. The van der Waals surface area contributed by atoms with Crippen molar-refractivity contribution in [3.63, 3.8) is 0 Å². The highest BCUT2D eigenvalue weighted by Crippen LogP contribution is 2.38. The number of nitrogens with zero attached hydrogens (tertiary/aromatic N) is 1. The second kappa shape index (κ2) is 4.67. The van der Waals surface area contributed by atoms with Gasteiger partial charge in [0.05, 0.1) is 5.69 Å². The highest BCUT2D eigenvalue weighted by Gasteiger charge is 2.29. The molecule has 0 saturated heterocycles. The summed E-state index contributed by atoms with van der Waals surface area (Å²) in [6.45, 7) is 3.47. The smallest absolute Gasteiger partial charge is 0.258 e. The van der Waals surface area contributed by atoms with Crippen molar-refractivity contribution >= 4 is 22.4 Å². The van der Waals surface area contributed by atoms with Crippen LogP contribution in [0.15, 0.2) is 30.3 Å². The van der Waals surface area contributed by atoms with Crippen LogP contribution in [0, 0.1) is 6.92 Å². The van der Waals surface area contributed by atoms with Gasteiger partial charge in [-0.05, 0) is 36.4 Å². The Morgan fingerprint density at radius 1 is 1.21 bits per heavy atom. The minimum Gasteiger partial charge on any atom is -0.385 e. The Morgan fingerprint density at radius 2 is 2.05 bits per heavy atom. The van der Waals surface area contributed by atoms with E-state index in [2.05, 4.69) is 25.1 Å². The van der Waals surface area contributed by atoms with Crippen LogP contribution in [0.25, 0.3) is 10.8 Å². The maximum Gasteiger partial charge on any atom is 0.258 e. The van der Waals surface area contributed by atoms with Crippen molar-refractivity contribution in [3.05, 3.63) is 41.5 Å². The number of amides is 1. The van der Waals surface area contributed by atoms with Crippen LogP contribution in [0.4, 0.5) is 5.69 Å². The maximum atomic E-state index is 12.5. The Bertz CT molecular complexity index is 648. The van der Waals surface area contributed by atoms with E-state index < -0.39 is 0 Å². The lowest BCUT2D eigenvalue weighted by Gasteiger charge is -2.17. The number of carbonyl (C=O) groups is 1. The van der Waals surface area contributed by atoms with Crippen molar-refractivity contribution in [1.82, 2.24) is 0 Å². The Hall–Kier alpha value is -1.87. The molecule has 1 amide bonds. The van der Waals surface area contributed by atoms with Crippen LogP contribution in [0.2, 0.25) is 0 Å². The third-order valence-electron chi connectivity index (χ3n) is 3.73. The molecule has 3 nitrogen and oxygen atoms in total. The molecule has 1 aliphatic heterocycles. The Kier molecular flexibility index (Phi) is 2.99. The molecule has 0 saturated carbocycles. The Labute approximate surface area is 112 Å². The fraction of sp³-hybridized carbons (Fsp3) is 0.312. The SMILES string of the molecule is COCCCN1C(=O)c2cccc3c(C)ccc1c23. The first-order valence-corrected chi connectivity index (χ1v) is 6.57. The van der Waals surface area contributed by atoms with Crippen molar-refractivity contribution < 1.29 is 9.53 Å². The van der Waals surface area contributed by atoms with E-state index in [0.29, 0.717) is 13.2 Å². The van der Waals surface area contributed by atoms with Crippen molar-refractivity contribution in [2.24, 2.45) is 0 Å². The van der Waals surface area contributed by atoms with Crippen molar-refractivity contribution in [2.45, 2.75) is 13.3 Å². The lowest BCUT2D eigenvalue weighted by molar-refractivity contribution is 0.0990. The monoisotopic (exact) mass is 255 g/mol. The number of methoxy groups -OCH3 is 1. The first-order valence-electron chi connectivity index (χ1n) is 6.57. The van der Waals surface area contributed by atoms with E-state index in [-0.39, 0.29) is 5.91 Å². The molecule has 0 fully saturated rings. The van der Waals surface area contributed by atoms with Crippen LogP contribution in [-0.2, 0) is 4.74 Å². The highest BCUT2D eigenvalue weighted by atomic mass is 16.5. The van der Waals surface area contributed by atoms with Gasteiger partial charge in [0, 0.05) is 31.2 Å². The molecule has 0 aliphatic carbocycles. The topological polar surface area (TPSA) is 29.5 Å². The number of rotatable bonds is 4. The summed E-state index contributed by atoms with van der Waals surface area (Å²) in [5.74, 6) is 0.113. The summed E-state index contributed by atoms with van der Waals surface area (Å²) in [5, 5.41) is 2.28. The van der Waals surface area contributed by atoms with Gasteiger partial charge in [-0.1, -0.05) is 18.2 Å². The van der Waals surface area contributed by atoms with E-state index in [9.17, 15) is 4.79 Å². The van der Waals surface area contributed by atoms with E-state index >= 15 is 0 Å². The lowest BCUT2D eigenvalue weighted by Crippen LogP contribution is -2.28. The molecule has 0 bridgehead atoms. The summed E-state index contributed by atoms with van der Waals surface area (Å²) in [7, 11) is 1.69. The molecular formula is C16H17NO2. The zero-order chi connectivity index (χ0) is 13.4. The zero-order valence-corrected chi connectivity index (χ0v) is 11.3. The molecule has 98 valence electrons. The summed E-state index contributed by atoms with van der Waals surface area (Å²) < 4.78 is 5.07. The first-order chi connectivity index (χ1) is 9.24. The van der Waals surface area contributed by atoms with Crippen molar-refractivity contribution in [1.29, 1.82) is 0 Å². The quantitative estimate of drug-likeness (QED) is 0.785. The summed E-state index contributed by atoms with van der Waals surface area (Å²) in [4.78, 5) is 14.3. The van der Waals surface area contributed by atoms with E-state index in [0.717, 1.165) is 23.1 Å². The third kappa shape index (κ3) is 1.81. The van der Waals surface area contributed by atoms with Crippen LogP contribution in [0.1, 0.15) is 22.3 Å². The molecule has 2 aromatic carbocycles. The lowest BCUT2D eigenvalue weighted by atomic mass is 10.0. The number of benzene rings is 2. The van der Waals surface area contributed by atoms with E-state index in [1.165, 1.54) is 10.9 Å². The maximum absolute atomic E-state index is 12.5. The standard InChI is InChI=1S/C16H17NO2/c1-11-7-8-14-15-12(11)5-3-6-13(15)16(18)17(14)9-4-10-19-2/h3,5-8H,4,9-10H2,1-2H3. The molecule has 0 aromatic heterocycles. The van der Waals surface area contributed by atoms with Crippen LogP contribution < -0.4 is 4.90 Å². The average Bonchev–Trinajstić information content (AvgIpc) is 2.70. The van der Waals surface area contributed by atoms with Gasteiger partial charge in [0.1, 0.15) is 0 Å².